The molecule has 0 atom stereocenters. The highest BCUT2D eigenvalue weighted by atomic mass is 14.9. The summed E-state index contributed by atoms with van der Waals surface area (Å²) in [7, 11) is 0. The van der Waals surface area contributed by atoms with Gasteiger partial charge in [0.2, 0.25) is 0 Å². The smallest absolute Gasteiger partial charge is 0.0822 e. The Kier molecular flexibility index (Phi) is 4.30. The molecule has 0 bridgehead atoms. The lowest BCUT2D eigenvalue weighted by Crippen LogP contribution is -2.08. The topological polar surface area (TPSA) is 17.3 Å². The molecule has 182 valence electrons. The van der Waals surface area contributed by atoms with Crippen molar-refractivity contribution in [2.24, 2.45) is 5.41 Å². The Hall–Kier alpha value is -4.43. The first kappa shape index (κ1) is 21.6. The number of para-hydroxylation sites is 1. The SMILES string of the molecule is CC(C)(C)Cc1ccc2cc3c(cc2c1)c1nccc2ccc4c5cccc(-c6ccccc6)c5n3c4c21. The zero-order chi connectivity index (χ0) is 25.6. The van der Waals surface area contributed by atoms with E-state index in [1.54, 1.807) is 0 Å². The number of aromatic nitrogens is 2. The van der Waals surface area contributed by atoms with E-state index in [1.807, 2.05) is 6.20 Å². The third kappa shape index (κ3) is 3.04. The molecule has 0 amide bonds. The Balaban J connectivity index is 1.60. The Labute approximate surface area is 221 Å². The van der Waals surface area contributed by atoms with Gasteiger partial charge in [-0.1, -0.05) is 99.6 Å². The van der Waals surface area contributed by atoms with E-state index in [-0.39, 0.29) is 5.41 Å². The highest BCUT2D eigenvalue weighted by molar-refractivity contribution is 6.29. The Morgan fingerprint density at radius 3 is 2.32 bits per heavy atom. The van der Waals surface area contributed by atoms with Gasteiger partial charge in [0.25, 0.3) is 0 Å². The van der Waals surface area contributed by atoms with Crippen molar-refractivity contribution in [3.8, 4) is 11.1 Å². The zero-order valence-electron chi connectivity index (χ0n) is 21.9. The van der Waals surface area contributed by atoms with Gasteiger partial charge in [-0.25, -0.2) is 0 Å². The van der Waals surface area contributed by atoms with Crippen LogP contribution in [0.5, 0.6) is 0 Å². The highest BCUT2D eigenvalue weighted by Crippen LogP contribution is 2.44. The Morgan fingerprint density at radius 1 is 0.658 bits per heavy atom. The lowest BCUT2D eigenvalue weighted by atomic mass is 9.87. The minimum atomic E-state index is 0.247. The maximum Gasteiger partial charge on any atom is 0.0822 e. The molecule has 0 aliphatic rings. The second-order valence-electron chi connectivity index (χ2n) is 11.9. The fourth-order valence-corrected chi connectivity index (χ4v) is 6.54. The van der Waals surface area contributed by atoms with Gasteiger partial charge in [0.1, 0.15) is 0 Å². The number of hydrogen-bond donors (Lipinski definition) is 0. The number of benzene rings is 5. The molecule has 8 aromatic rings. The average Bonchev–Trinajstić information content (AvgIpc) is 3.27. The van der Waals surface area contributed by atoms with Crippen LogP contribution in [0.15, 0.2) is 103 Å². The third-order valence-corrected chi connectivity index (χ3v) is 8.01. The molecule has 3 aromatic heterocycles. The second-order valence-corrected chi connectivity index (χ2v) is 11.9. The van der Waals surface area contributed by atoms with E-state index in [4.69, 9.17) is 4.98 Å². The molecule has 2 nitrogen and oxygen atoms in total. The van der Waals surface area contributed by atoms with Crippen LogP contribution in [0.2, 0.25) is 0 Å². The average molecular weight is 489 g/mol. The van der Waals surface area contributed by atoms with Crippen LogP contribution in [0, 0.1) is 5.41 Å². The Morgan fingerprint density at radius 2 is 1.47 bits per heavy atom. The van der Waals surface area contributed by atoms with Crippen molar-refractivity contribution in [3.63, 3.8) is 0 Å². The molecule has 38 heavy (non-hydrogen) atoms. The van der Waals surface area contributed by atoms with Crippen LogP contribution < -0.4 is 0 Å². The van der Waals surface area contributed by atoms with E-state index in [2.05, 4.69) is 122 Å². The zero-order valence-corrected chi connectivity index (χ0v) is 21.9. The van der Waals surface area contributed by atoms with E-state index in [0.29, 0.717) is 0 Å². The van der Waals surface area contributed by atoms with Gasteiger partial charge in [0.05, 0.1) is 22.1 Å². The van der Waals surface area contributed by atoms with Crippen LogP contribution in [0.4, 0.5) is 0 Å². The van der Waals surface area contributed by atoms with Gasteiger partial charge in [-0.05, 0) is 57.3 Å². The number of fused-ring (bicyclic) bond motifs is 7. The summed E-state index contributed by atoms with van der Waals surface area (Å²) in [6.45, 7) is 6.91. The predicted octanol–water partition coefficient (Wildman–Crippen LogP) is 9.79. The van der Waals surface area contributed by atoms with Crippen molar-refractivity contribution in [2.45, 2.75) is 27.2 Å². The molecule has 0 spiro atoms. The molecule has 0 aliphatic heterocycles. The number of rotatable bonds is 2. The molecule has 5 aromatic carbocycles. The predicted molar refractivity (Wildman–Crippen MR) is 163 cm³/mol. The second kappa shape index (κ2) is 7.55. The molecule has 0 fully saturated rings. The molecule has 2 heteroatoms. The number of nitrogens with zero attached hydrogens (tertiary/aromatic N) is 2. The summed E-state index contributed by atoms with van der Waals surface area (Å²) in [5, 5.41) is 8.80. The van der Waals surface area contributed by atoms with Crippen LogP contribution >= 0.6 is 0 Å². The third-order valence-electron chi connectivity index (χ3n) is 8.01. The van der Waals surface area contributed by atoms with E-state index in [0.717, 1.165) is 11.9 Å². The number of pyridine rings is 2. The minimum absolute atomic E-state index is 0.247. The molecule has 3 heterocycles. The van der Waals surface area contributed by atoms with Crippen LogP contribution in [-0.2, 0) is 6.42 Å². The molecule has 8 rings (SSSR count). The monoisotopic (exact) mass is 488 g/mol. The molecule has 0 saturated heterocycles. The van der Waals surface area contributed by atoms with Crippen molar-refractivity contribution in [3.05, 3.63) is 109 Å². The molecule has 0 N–H and O–H groups in total. The van der Waals surface area contributed by atoms with Crippen molar-refractivity contribution in [1.82, 2.24) is 9.38 Å². The van der Waals surface area contributed by atoms with E-state index < -0.39 is 0 Å². The molecule has 0 unspecified atom stereocenters. The van der Waals surface area contributed by atoms with Gasteiger partial charge < -0.3 is 4.40 Å². The number of hydrogen-bond acceptors (Lipinski definition) is 1. The molecule has 0 saturated carbocycles. The van der Waals surface area contributed by atoms with Crippen molar-refractivity contribution in [2.75, 3.05) is 0 Å². The van der Waals surface area contributed by atoms with Gasteiger partial charge in [-0.2, -0.15) is 0 Å². The molecular weight excluding hydrogens is 460 g/mol. The van der Waals surface area contributed by atoms with E-state index in [1.165, 1.54) is 70.9 Å². The summed E-state index contributed by atoms with van der Waals surface area (Å²) >= 11 is 0. The molecule has 0 radical (unpaired) electrons. The fraction of sp³-hybridized carbons (Fsp3) is 0.139. The van der Waals surface area contributed by atoms with Gasteiger partial charge >= 0.3 is 0 Å². The summed E-state index contributed by atoms with van der Waals surface area (Å²) in [5.74, 6) is 0. The van der Waals surface area contributed by atoms with Gasteiger partial charge in [0, 0.05) is 33.3 Å². The highest BCUT2D eigenvalue weighted by Gasteiger charge is 2.21. The fourth-order valence-electron chi connectivity index (χ4n) is 6.54. The normalized spacial score (nSPS) is 12.7. The van der Waals surface area contributed by atoms with Gasteiger partial charge in [-0.15, -0.1) is 0 Å². The van der Waals surface area contributed by atoms with Crippen molar-refractivity contribution < 1.29 is 0 Å². The van der Waals surface area contributed by atoms with Crippen molar-refractivity contribution in [1.29, 1.82) is 0 Å². The minimum Gasteiger partial charge on any atom is -0.307 e. The molecular formula is C36H28N2. The maximum absolute atomic E-state index is 4.99. The van der Waals surface area contributed by atoms with Crippen LogP contribution in [-0.4, -0.2) is 9.38 Å². The Bertz CT molecular complexity index is 2180. The summed E-state index contributed by atoms with van der Waals surface area (Å²) in [6, 6.07) is 35.9. The standard InChI is InChI=1S/C36H28N2/c1-36(2,3)21-22-12-13-25-20-31-30(19-26(25)18-22)33-32-24(16-17-37-33)14-15-29-28-11-7-10-27(23-8-5-4-6-9-23)34(28)38(31)35(29)32/h4-20H,21H2,1-3H3. The first-order valence-electron chi connectivity index (χ1n) is 13.4. The summed E-state index contributed by atoms with van der Waals surface area (Å²) in [5.41, 5.74) is 8.95. The van der Waals surface area contributed by atoms with E-state index in [9.17, 15) is 0 Å². The van der Waals surface area contributed by atoms with Crippen LogP contribution in [0.25, 0.3) is 70.9 Å². The lowest BCUT2D eigenvalue weighted by molar-refractivity contribution is 0.411. The summed E-state index contributed by atoms with van der Waals surface area (Å²) in [6.07, 6.45) is 3.02. The van der Waals surface area contributed by atoms with E-state index >= 15 is 0 Å². The van der Waals surface area contributed by atoms with Crippen LogP contribution in [0.1, 0.15) is 26.3 Å². The van der Waals surface area contributed by atoms with Gasteiger partial charge in [0.15, 0.2) is 0 Å². The lowest BCUT2D eigenvalue weighted by Gasteiger charge is -2.19. The van der Waals surface area contributed by atoms with Crippen molar-refractivity contribution >= 4 is 59.8 Å². The van der Waals surface area contributed by atoms with Crippen LogP contribution in [0.3, 0.4) is 0 Å². The summed E-state index contributed by atoms with van der Waals surface area (Å²) in [4.78, 5) is 4.99. The van der Waals surface area contributed by atoms with Gasteiger partial charge in [-0.3, -0.25) is 4.98 Å². The molecule has 0 aliphatic carbocycles. The quantitative estimate of drug-likeness (QED) is 0.175. The first-order valence-corrected chi connectivity index (χ1v) is 13.4. The maximum atomic E-state index is 4.99. The largest absolute Gasteiger partial charge is 0.307 e. The summed E-state index contributed by atoms with van der Waals surface area (Å²) < 4.78 is 2.52. The first-order chi connectivity index (χ1) is 18.5.